The molecule has 2 aliphatic heterocycles. The maximum absolute atomic E-state index is 13.8. The molecule has 1 aliphatic carbocycles. The zero-order valence-corrected chi connectivity index (χ0v) is 22.8. The number of aryl methyl sites for hydroxylation is 1. The van der Waals surface area contributed by atoms with E-state index in [0.29, 0.717) is 25.4 Å². The number of hydrogen-bond acceptors (Lipinski definition) is 6. The Morgan fingerprint density at radius 3 is 2.49 bits per heavy atom. The van der Waals surface area contributed by atoms with E-state index in [2.05, 4.69) is 5.32 Å². The van der Waals surface area contributed by atoms with Crippen LogP contribution in [0, 0.1) is 17.2 Å². The zero-order chi connectivity index (χ0) is 27.8. The minimum atomic E-state index is -4.72. The molecule has 2 saturated heterocycles. The molecule has 2 aromatic rings. The van der Waals surface area contributed by atoms with Crippen molar-refractivity contribution in [2.45, 2.75) is 69.1 Å². The average Bonchev–Trinajstić information content (AvgIpc) is 3.15. The first kappa shape index (κ1) is 27.7. The van der Waals surface area contributed by atoms with E-state index in [1.165, 1.54) is 11.0 Å². The van der Waals surface area contributed by atoms with Crippen molar-refractivity contribution in [2.75, 3.05) is 29.5 Å². The quantitative estimate of drug-likeness (QED) is 0.415. The van der Waals surface area contributed by atoms with Crippen LogP contribution in [0.2, 0.25) is 0 Å². The number of ether oxygens (including phenoxy) is 1. The van der Waals surface area contributed by atoms with Gasteiger partial charge in [-0.3, -0.25) is 9.69 Å². The monoisotopic (exact) mass is 558 g/mol. The van der Waals surface area contributed by atoms with Crippen molar-refractivity contribution in [1.29, 1.82) is 5.26 Å². The molecule has 10 heteroatoms. The Balaban J connectivity index is 1.42. The Morgan fingerprint density at radius 1 is 1.15 bits per heavy atom. The van der Waals surface area contributed by atoms with Gasteiger partial charge in [-0.05, 0) is 106 Å². The summed E-state index contributed by atoms with van der Waals surface area (Å²) >= 11 is 4.77. The summed E-state index contributed by atoms with van der Waals surface area (Å²) in [6.45, 7) is 4.80. The van der Waals surface area contributed by atoms with Crippen LogP contribution in [-0.4, -0.2) is 36.6 Å². The number of benzene rings is 2. The first-order valence-corrected chi connectivity index (χ1v) is 14.1. The molecule has 6 nitrogen and oxygen atoms in total. The molecule has 1 N–H and O–H groups in total. The Labute approximate surface area is 232 Å². The Morgan fingerprint density at radius 2 is 1.87 bits per heavy atom. The number of nitrogens with zero attached hydrogens (tertiary/aromatic N) is 3. The maximum Gasteiger partial charge on any atom is 0.417 e. The summed E-state index contributed by atoms with van der Waals surface area (Å²) in [6.07, 6.45) is 1.38. The lowest BCUT2D eigenvalue weighted by atomic mass is 9.75. The van der Waals surface area contributed by atoms with Crippen molar-refractivity contribution in [1.82, 2.24) is 5.32 Å². The van der Waals surface area contributed by atoms with Gasteiger partial charge in [0.2, 0.25) is 0 Å². The van der Waals surface area contributed by atoms with Crippen LogP contribution in [0.5, 0.6) is 5.75 Å². The number of amides is 1. The number of rotatable bonds is 7. The van der Waals surface area contributed by atoms with Gasteiger partial charge in [-0.1, -0.05) is 6.92 Å². The van der Waals surface area contributed by atoms with Gasteiger partial charge in [0.1, 0.15) is 11.3 Å². The predicted molar refractivity (Wildman–Crippen MR) is 147 cm³/mol. The molecule has 1 atom stereocenters. The first-order chi connectivity index (χ1) is 18.7. The summed E-state index contributed by atoms with van der Waals surface area (Å²) in [5, 5.41) is 12.6. The fourth-order valence-corrected chi connectivity index (χ4v) is 6.61. The first-order valence-electron chi connectivity index (χ1n) is 13.6. The average molecular weight is 559 g/mol. The number of carbonyl (C=O) groups excluding carboxylic acids is 1. The van der Waals surface area contributed by atoms with Crippen LogP contribution in [0.1, 0.15) is 62.1 Å². The number of carbonyl (C=O) groups is 1. The van der Waals surface area contributed by atoms with E-state index in [9.17, 15) is 23.2 Å². The number of piperidine rings is 1. The molecule has 5 rings (SSSR count). The molecule has 2 heterocycles. The second-order valence-corrected chi connectivity index (χ2v) is 11.1. The molecule has 39 heavy (non-hydrogen) atoms. The van der Waals surface area contributed by atoms with Crippen molar-refractivity contribution < 1.29 is 22.7 Å². The van der Waals surface area contributed by atoms with E-state index in [-0.39, 0.29) is 11.6 Å². The van der Waals surface area contributed by atoms with Gasteiger partial charge in [0.05, 0.1) is 23.8 Å². The van der Waals surface area contributed by atoms with Gasteiger partial charge >= 0.3 is 6.18 Å². The van der Waals surface area contributed by atoms with E-state index in [1.807, 2.05) is 30.0 Å². The molecular formula is C29H33F3N4O2S. The van der Waals surface area contributed by atoms with Crippen LogP contribution in [0.3, 0.4) is 0 Å². The van der Waals surface area contributed by atoms with Crippen molar-refractivity contribution in [3.8, 4) is 11.8 Å². The molecule has 2 aromatic carbocycles. The fourth-order valence-electron chi connectivity index (χ4n) is 6.02. The standard InChI is InChI=1S/C29H33F3N4O2S/c1-2-20-16-23(6-7-25(20)38-15-10-19-8-13-34-14-9-19)36-27(39)35(26(37)28(36)11-3-12-28)22-5-4-21(18-33)24(17-22)29(30,31)32/h4-7,16-17,19,27,34,39H,2-3,8-15H2,1H3. The van der Waals surface area contributed by atoms with Gasteiger partial charge in [-0.15, -0.1) is 12.6 Å². The van der Waals surface area contributed by atoms with Gasteiger partial charge in [0, 0.05) is 11.4 Å². The van der Waals surface area contributed by atoms with Gasteiger partial charge in [-0.2, -0.15) is 18.4 Å². The molecule has 0 bridgehead atoms. The summed E-state index contributed by atoms with van der Waals surface area (Å²) in [5.74, 6) is 1.21. The molecular weight excluding hydrogens is 525 g/mol. The van der Waals surface area contributed by atoms with Gasteiger partial charge in [-0.25, -0.2) is 0 Å². The number of thiol groups is 1. The topological polar surface area (TPSA) is 68.6 Å². The number of anilines is 2. The van der Waals surface area contributed by atoms with E-state index in [4.69, 9.17) is 17.4 Å². The largest absolute Gasteiger partial charge is 0.493 e. The van der Waals surface area contributed by atoms with Crippen LogP contribution in [0.15, 0.2) is 36.4 Å². The third kappa shape index (κ3) is 5.07. The molecule has 1 amide bonds. The van der Waals surface area contributed by atoms with E-state index in [0.717, 1.165) is 74.3 Å². The lowest BCUT2D eigenvalue weighted by Gasteiger charge is -2.44. The van der Waals surface area contributed by atoms with Crippen LogP contribution >= 0.6 is 12.6 Å². The SMILES string of the molecule is CCc1cc(N2C(S)N(c3ccc(C#N)c(C(F)(F)F)c3)C(=O)C23CCC3)ccc1OCCC1CCNCC1. The lowest BCUT2D eigenvalue weighted by Crippen LogP contribution is -2.55. The molecule has 3 aliphatic rings. The molecule has 0 aromatic heterocycles. The van der Waals surface area contributed by atoms with Crippen LogP contribution in [-0.2, 0) is 17.4 Å². The highest BCUT2D eigenvalue weighted by molar-refractivity contribution is 7.81. The Bertz CT molecular complexity index is 1270. The maximum atomic E-state index is 13.8. The van der Waals surface area contributed by atoms with Gasteiger partial charge in [0.15, 0.2) is 5.50 Å². The molecule has 1 saturated carbocycles. The molecule has 0 radical (unpaired) electrons. The normalized spacial score (nSPS) is 21.2. The smallest absolute Gasteiger partial charge is 0.417 e. The minimum Gasteiger partial charge on any atom is -0.493 e. The van der Waals surface area contributed by atoms with E-state index >= 15 is 0 Å². The summed E-state index contributed by atoms with van der Waals surface area (Å²) in [4.78, 5) is 17.1. The lowest BCUT2D eigenvalue weighted by molar-refractivity contribution is -0.137. The van der Waals surface area contributed by atoms with Crippen LogP contribution < -0.4 is 19.9 Å². The third-order valence-corrected chi connectivity index (χ3v) is 8.84. The predicted octanol–water partition coefficient (Wildman–Crippen LogP) is 5.90. The number of nitrogens with one attached hydrogen (secondary N) is 1. The highest BCUT2D eigenvalue weighted by Gasteiger charge is 2.60. The van der Waals surface area contributed by atoms with Crippen molar-refractivity contribution >= 4 is 29.9 Å². The number of halogens is 3. The van der Waals surface area contributed by atoms with Crippen molar-refractivity contribution in [3.63, 3.8) is 0 Å². The summed E-state index contributed by atoms with van der Waals surface area (Å²) in [6, 6.07) is 10.8. The van der Waals surface area contributed by atoms with Crippen molar-refractivity contribution in [2.24, 2.45) is 5.92 Å². The second-order valence-electron chi connectivity index (χ2n) is 10.6. The minimum absolute atomic E-state index is 0.0775. The van der Waals surface area contributed by atoms with Gasteiger partial charge < -0.3 is 15.0 Å². The zero-order valence-electron chi connectivity index (χ0n) is 21.9. The Kier molecular flexibility index (Phi) is 7.75. The van der Waals surface area contributed by atoms with E-state index in [1.54, 1.807) is 6.07 Å². The molecule has 208 valence electrons. The summed E-state index contributed by atoms with van der Waals surface area (Å²) in [5.41, 5.74) is -1.32. The number of nitriles is 1. The molecule has 1 unspecified atom stereocenters. The summed E-state index contributed by atoms with van der Waals surface area (Å²) < 4.78 is 47.2. The molecule has 3 fully saturated rings. The third-order valence-electron chi connectivity index (χ3n) is 8.37. The Hall–Kier alpha value is -2.90. The van der Waals surface area contributed by atoms with Crippen LogP contribution in [0.4, 0.5) is 24.5 Å². The number of hydrogen-bond donors (Lipinski definition) is 2. The number of alkyl halides is 3. The molecule has 1 spiro atoms. The van der Waals surface area contributed by atoms with Gasteiger partial charge in [0.25, 0.3) is 5.91 Å². The van der Waals surface area contributed by atoms with Crippen molar-refractivity contribution in [3.05, 3.63) is 53.1 Å². The van der Waals surface area contributed by atoms with E-state index < -0.39 is 28.3 Å². The summed E-state index contributed by atoms with van der Waals surface area (Å²) in [7, 11) is 0. The highest BCUT2D eigenvalue weighted by atomic mass is 32.1. The fraction of sp³-hybridized carbons (Fsp3) is 0.517. The van der Waals surface area contributed by atoms with Crippen LogP contribution in [0.25, 0.3) is 0 Å². The highest BCUT2D eigenvalue weighted by Crippen LogP contribution is 2.51. The second kappa shape index (κ2) is 10.9.